The van der Waals surface area contributed by atoms with E-state index in [1.54, 1.807) is 0 Å². The summed E-state index contributed by atoms with van der Waals surface area (Å²) in [6.07, 6.45) is 4.50. The summed E-state index contributed by atoms with van der Waals surface area (Å²) in [7, 11) is 4.04. The predicted molar refractivity (Wildman–Crippen MR) is 178 cm³/mol. The summed E-state index contributed by atoms with van der Waals surface area (Å²) >= 11 is 5.65. The number of alkyl halides is 1. The summed E-state index contributed by atoms with van der Waals surface area (Å²) in [6, 6.07) is 0. The van der Waals surface area contributed by atoms with Crippen LogP contribution in [0.3, 0.4) is 0 Å². The van der Waals surface area contributed by atoms with Crippen LogP contribution in [-0.4, -0.2) is 190 Å². The largest absolute Gasteiger partial charge is 0.379 e. The lowest BCUT2D eigenvalue weighted by molar-refractivity contribution is -0.0284. The highest BCUT2D eigenvalue weighted by atomic mass is 35.5. The van der Waals surface area contributed by atoms with Crippen molar-refractivity contribution < 1.29 is 56.8 Å². The zero-order valence-corrected chi connectivity index (χ0v) is 29.7. The molecule has 0 atom stereocenters. The maximum absolute atomic E-state index is 5.65. The molecule has 0 aliphatic carbocycles. The SMILES string of the molecule is CN(C)CCOCCOCCOCCOCCOCCOCCOCCOCCOCCOCCOCCOCCCCCCCl. The van der Waals surface area contributed by atoms with Crippen molar-refractivity contribution in [3.63, 3.8) is 0 Å². The number of rotatable bonds is 42. The van der Waals surface area contributed by atoms with Gasteiger partial charge in [-0.05, 0) is 26.9 Å². The standard InChI is InChI=1S/C32H66ClNO12/c1-34(2)8-10-36-12-14-38-16-18-40-20-22-42-24-26-44-28-30-46-32-31-45-29-27-43-25-23-41-21-19-39-17-15-37-13-11-35-9-6-4-3-5-7-33/h3-32H2,1-2H3. The van der Waals surface area contributed by atoms with Gasteiger partial charge < -0.3 is 61.7 Å². The normalized spacial score (nSPS) is 11.7. The molecule has 0 amide bonds. The van der Waals surface area contributed by atoms with E-state index in [1.165, 1.54) is 12.8 Å². The van der Waals surface area contributed by atoms with Crippen LogP contribution in [0.15, 0.2) is 0 Å². The fourth-order valence-electron chi connectivity index (χ4n) is 3.42. The summed E-state index contributed by atoms with van der Waals surface area (Å²) < 4.78 is 65.8. The van der Waals surface area contributed by atoms with Crippen molar-refractivity contribution in [2.24, 2.45) is 0 Å². The van der Waals surface area contributed by atoms with Crippen LogP contribution in [0.1, 0.15) is 25.7 Å². The second-order valence-corrected chi connectivity index (χ2v) is 10.6. The van der Waals surface area contributed by atoms with Crippen LogP contribution in [0.2, 0.25) is 0 Å². The van der Waals surface area contributed by atoms with Crippen LogP contribution < -0.4 is 0 Å². The topological polar surface area (TPSA) is 114 Å². The lowest BCUT2D eigenvalue weighted by atomic mass is 10.2. The molecule has 0 heterocycles. The molecule has 46 heavy (non-hydrogen) atoms. The van der Waals surface area contributed by atoms with E-state index in [9.17, 15) is 0 Å². The first-order chi connectivity index (χ1) is 22.8. The smallest absolute Gasteiger partial charge is 0.0701 e. The van der Waals surface area contributed by atoms with E-state index < -0.39 is 0 Å². The fourth-order valence-corrected chi connectivity index (χ4v) is 3.61. The Morgan fingerprint density at radius 2 is 0.500 bits per heavy atom. The van der Waals surface area contributed by atoms with E-state index in [1.807, 2.05) is 14.1 Å². The number of ether oxygens (including phenoxy) is 12. The first-order valence-corrected chi connectivity index (χ1v) is 17.4. The van der Waals surface area contributed by atoms with Crippen molar-refractivity contribution in [1.82, 2.24) is 4.90 Å². The van der Waals surface area contributed by atoms with E-state index in [2.05, 4.69) is 4.90 Å². The Kier molecular flexibility index (Phi) is 42.6. The van der Waals surface area contributed by atoms with Gasteiger partial charge in [0.1, 0.15) is 0 Å². The summed E-state index contributed by atoms with van der Waals surface area (Å²) in [5, 5.41) is 0. The van der Waals surface area contributed by atoms with Crippen molar-refractivity contribution in [3.8, 4) is 0 Å². The number of unbranched alkanes of at least 4 members (excludes halogenated alkanes) is 3. The second-order valence-electron chi connectivity index (χ2n) is 10.3. The Balaban J connectivity index is 3.04. The quantitative estimate of drug-likeness (QED) is 0.0691. The van der Waals surface area contributed by atoms with Gasteiger partial charge in [-0.3, -0.25) is 0 Å². The minimum atomic E-state index is 0.516. The van der Waals surface area contributed by atoms with E-state index >= 15 is 0 Å². The molecule has 0 aromatic carbocycles. The highest BCUT2D eigenvalue weighted by Crippen LogP contribution is 2.01. The summed E-state index contributed by atoms with van der Waals surface area (Å²) in [5.41, 5.74) is 0. The molecule has 0 aliphatic rings. The molecule has 278 valence electrons. The average Bonchev–Trinajstić information content (AvgIpc) is 3.05. The molecule has 0 bridgehead atoms. The third-order valence-corrected chi connectivity index (χ3v) is 6.21. The molecule has 0 saturated heterocycles. The lowest BCUT2D eigenvalue weighted by Crippen LogP contribution is -2.19. The van der Waals surface area contributed by atoms with E-state index in [-0.39, 0.29) is 0 Å². The van der Waals surface area contributed by atoms with Gasteiger partial charge in [0.25, 0.3) is 0 Å². The molecule has 13 nitrogen and oxygen atoms in total. The van der Waals surface area contributed by atoms with Gasteiger partial charge in [0.05, 0.1) is 152 Å². The predicted octanol–water partition coefficient (Wildman–Crippen LogP) is 2.55. The first kappa shape index (κ1) is 45.8. The van der Waals surface area contributed by atoms with Gasteiger partial charge in [-0.1, -0.05) is 12.8 Å². The molecule has 0 fully saturated rings. The molecular weight excluding hydrogens is 626 g/mol. The molecule has 0 aliphatic heterocycles. The first-order valence-electron chi connectivity index (χ1n) is 16.9. The molecule has 0 saturated carbocycles. The molecule has 0 radical (unpaired) electrons. The molecule has 14 heteroatoms. The van der Waals surface area contributed by atoms with Crippen LogP contribution >= 0.6 is 11.6 Å². The molecule has 0 aromatic heterocycles. The molecule has 0 unspecified atom stereocenters. The van der Waals surface area contributed by atoms with Crippen molar-refractivity contribution >= 4 is 11.6 Å². The zero-order chi connectivity index (χ0) is 33.3. The van der Waals surface area contributed by atoms with Crippen molar-refractivity contribution in [2.45, 2.75) is 25.7 Å². The van der Waals surface area contributed by atoms with Crippen LogP contribution in [0.25, 0.3) is 0 Å². The molecular formula is C32H66ClNO12. The lowest BCUT2D eigenvalue weighted by Gasteiger charge is -2.10. The number of hydrogen-bond donors (Lipinski definition) is 0. The van der Waals surface area contributed by atoms with E-state index in [4.69, 9.17) is 68.4 Å². The fraction of sp³-hybridized carbons (Fsp3) is 1.00. The molecule has 0 rings (SSSR count). The highest BCUT2D eigenvalue weighted by Gasteiger charge is 1.97. The number of nitrogens with zero attached hydrogens (tertiary/aromatic N) is 1. The van der Waals surface area contributed by atoms with Crippen molar-refractivity contribution in [2.75, 3.05) is 185 Å². The van der Waals surface area contributed by atoms with Crippen LogP contribution in [0.5, 0.6) is 0 Å². The minimum Gasteiger partial charge on any atom is -0.379 e. The molecule has 0 aromatic rings. The van der Waals surface area contributed by atoms with E-state index in [0.29, 0.717) is 145 Å². The zero-order valence-electron chi connectivity index (χ0n) is 28.9. The summed E-state index contributed by atoms with van der Waals surface area (Å²) in [4.78, 5) is 2.08. The van der Waals surface area contributed by atoms with Gasteiger partial charge in [0.15, 0.2) is 0 Å². The van der Waals surface area contributed by atoms with Gasteiger partial charge in [-0.2, -0.15) is 0 Å². The number of likely N-dealkylation sites (N-methyl/N-ethyl adjacent to an activating group) is 1. The third kappa shape index (κ3) is 43.8. The summed E-state index contributed by atoms with van der Waals surface area (Å²) in [5.74, 6) is 0.744. The minimum absolute atomic E-state index is 0.516. The van der Waals surface area contributed by atoms with Gasteiger partial charge in [-0.25, -0.2) is 0 Å². The van der Waals surface area contributed by atoms with Gasteiger partial charge >= 0.3 is 0 Å². The maximum atomic E-state index is 5.65. The maximum Gasteiger partial charge on any atom is 0.0701 e. The molecule has 0 spiro atoms. The van der Waals surface area contributed by atoms with Crippen LogP contribution in [-0.2, 0) is 56.8 Å². The second kappa shape index (κ2) is 42.8. The van der Waals surface area contributed by atoms with Crippen molar-refractivity contribution in [1.29, 1.82) is 0 Å². The molecule has 0 N–H and O–H groups in total. The number of hydrogen-bond acceptors (Lipinski definition) is 13. The Labute approximate surface area is 283 Å². The van der Waals surface area contributed by atoms with Gasteiger partial charge in [0, 0.05) is 19.0 Å². The van der Waals surface area contributed by atoms with Crippen LogP contribution in [0.4, 0.5) is 0 Å². The summed E-state index contributed by atoms with van der Waals surface area (Å²) in [6.45, 7) is 14.3. The Hall–Kier alpha value is -0.230. The van der Waals surface area contributed by atoms with Crippen LogP contribution in [0, 0.1) is 0 Å². The monoisotopic (exact) mass is 691 g/mol. The Bertz CT molecular complexity index is 543. The van der Waals surface area contributed by atoms with Crippen molar-refractivity contribution in [3.05, 3.63) is 0 Å². The van der Waals surface area contributed by atoms with E-state index in [0.717, 1.165) is 38.5 Å². The average molecular weight is 692 g/mol. The van der Waals surface area contributed by atoms with Gasteiger partial charge in [0.2, 0.25) is 0 Å². The third-order valence-electron chi connectivity index (χ3n) is 5.95. The Morgan fingerprint density at radius 3 is 0.739 bits per heavy atom. The highest BCUT2D eigenvalue weighted by molar-refractivity contribution is 6.17. The van der Waals surface area contributed by atoms with Gasteiger partial charge in [-0.15, -0.1) is 11.6 Å². The number of halogens is 1. The Morgan fingerprint density at radius 1 is 0.283 bits per heavy atom.